The number of rotatable bonds is 11. The lowest BCUT2D eigenvalue weighted by molar-refractivity contribution is -0.394. The van der Waals surface area contributed by atoms with Gasteiger partial charge in [-0.3, -0.25) is 65.6 Å². The summed E-state index contributed by atoms with van der Waals surface area (Å²) < 4.78 is 9.73. The maximum atomic E-state index is 10.8. The van der Waals surface area contributed by atoms with Gasteiger partial charge in [-0.1, -0.05) is 116 Å². The zero-order chi connectivity index (χ0) is 62.0. The summed E-state index contributed by atoms with van der Waals surface area (Å²) in [5.74, 6) is 0. The van der Waals surface area contributed by atoms with Crippen LogP contribution in [0, 0.1) is 88.4 Å². The maximum Gasteiger partial charge on any atom is 0.294 e. The van der Waals surface area contributed by atoms with Crippen molar-refractivity contribution in [3.8, 4) is 0 Å². The number of nitrogens with two attached hydrogens (primary N) is 1. The van der Waals surface area contributed by atoms with Crippen molar-refractivity contribution in [1.29, 1.82) is 0 Å². The van der Waals surface area contributed by atoms with Crippen LogP contribution in [0.3, 0.4) is 0 Å². The summed E-state index contributed by atoms with van der Waals surface area (Å²) in [5, 5.41) is 66.2. The van der Waals surface area contributed by atoms with Crippen molar-refractivity contribution < 1.29 is 39.0 Å². The minimum absolute atomic E-state index is 0. The van der Waals surface area contributed by atoms with Crippen LogP contribution in [0.25, 0.3) is 17.0 Å². The topological polar surface area (TPSA) is 326 Å². The Morgan fingerprint density at radius 1 is 0.500 bits per heavy atom. The van der Waals surface area contributed by atoms with Crippen LogP contribution in [0.5, 0.6) is 0 Å². The molecule has 6 aromatic carbocycles. The second kappa shape index (κ2) is 39.7. The molecule has 0 aliphatic heterocycles. The number of halogens is 6. The molecular weight excluding hydrogens is 1230 g/mol. The molecule has 0 spiro atoms. The lowest BCUT2D eigenvalue weighted by Crippen LogP contribution is -2.30. The number of nitrogens with zero attached hydrogens (tertiary/aromatic N) is 8. The molecule has 24 nitrogen and oxygen atoms in total. The Kier molecular flexibility index (Phi) is 38.0. The molecule has 0 saturated heterocycles. The minimum atomic E-state index is -0.755. The first kappa shape index (κ1) is 80.4. The Bertz CT molecular complexity index is 3080. The molecule has 1 aromatic heterocycles. The Balaban J connectivity index is -0.000000923. The number of H-pyrrole nitrogens is 1. The van der Waals surface area contributed by atoms with Crippen molar-refractivity contribution in [2.75, 3.05) is 48.1 Å². The number of nitrogens with one attached hydrogen (secondary N) is 1. The van der Waals surface area contributed by atoms with Crippen molar-refractivity contribution in [1.82, 2.24) is 14.8 Å². The summed E-state index contributed by atoms with van der Waals surface area (Å²) >= 11 is 33.9. The number of benzene rings is 6. The smallest absolute Gasteiger partial charge is 0.294 e. The number of methoxy groups -OCH3 is 2. The highest BCUT2D eigenvalue weighted by molar-refractivity contribution is 6.34. The van der Waals surface area contributed by atoms with Gasteiger partial charge in [-0.25, -0.2) is 0 Å². The fraction of sp³-hybridized carbons (Fsp3) is 0.259. The summed E-state index contributed by atoms with van der Waals surface area (Å²) in [6, 6.07) is 27.4. The molecule has 0 aliphatic rings. The first-order valence-electron chi connectivity index (χ1n) is 22.6. The number of hydrogen-bond donors (Lipinski definition) is 2. The molecule has 0 bridgehead atoms. The first-order chi connectivity index (χ1) is 37.8. The van der Waals surface area contributed by atoms with Crippen LogP contribution in [0.4, 0.5) is 39.8 Å². The van der Waals surface area contributed by atoms with E-state index in [4.69, 9.17) is 84.8 Å². The molecular formula is C54H66Cl6N10O14. The van der Waals surface area contributed by atoms with Crippen molar-refractivity contribution in [2.24, 2.45) is 0 Å². The van der Waals surface area contributed by atoms with Gasteiger partial charge in [0.1, 0.15) is 15.1 Å². The summed E-state index contributed by atoms with van der Waals surface area (Å²) in [4.78, 5) is 65.5. The number of nitrogen functional groups attached to an aromatic ring is 1. The number of nitro groups is 6. The molecule has 0 unspecified atom stereocenters. The highest BCUT2D eigenvalue weighted by Gasteiger charge is 2.24. The molecule has 7 aromatic rings. The predicted molar refractivity (Wildman–Crippen MR) is 338 cm³/mol. The van der Waals surface area contributed by atoms with E-state index in [9.17, 15) is 60.7 Å². The summed E-state index contributed by atoms with van der Waals surface area (Å²) in [7, 11) is 10.5. The quantitative estimate of drug-likeness (QED) is 0.0526. The van der Waals surface area contributed by atoms with Crippen LogP contribution in [-0.2, 0) is 9.47 Å². The molecule has 0 fully saturated rings. The van der Waals surface area contributed by atoms with Crippen LogP contribution < -0.4 is 5.73 Å². The lowest BCUT2D eigenvalue weighted by Gasteiger charge is -2.19. The highest BCUT2D eigenvalue weighted by atomic mass is 35.5. The van der Waals surface area contributed by atoms with E-state index in [0.29, 0.717) is 21.8 Å². The van der Waals surface area contributed by atoms with E-state index in [2.05, 4.69) is 4.98 Å². The molecule has 0 atom stereocenters. The minimum Gasteiger partial charge on any atom is -0.397 e. The normalized spacial score (nSPS) is 9.79. The van der Waals surface area contributed by atoms with Gasteiger partial charge in [0.15, 0.2) is 0 Å². The number of fused-ring (bicyclic) bond motifs is 1. The van der Waals surface area contributed by atoms with Gasteiger partial charge >= 0.3 is 0 Å². The molecule has 0 amide bonds. The second-order valence-electron chi connectivity index (χ2n) is 16.6. The summed E-state index contributed by atoms with van der Waals surface area (Å²) in [6.07, 6.45) is 4.70. The Labute approximate surface area is 516 Å². The third kappa shape index (κ3) is 28.0. The van der Waals surface area contributed by atoms with E-state index in [0.717, 1.165) is 39.1 Å². The standard InChI is InChI=1S/C10H10ClN3O4.C8H7ClN2.2C7H5ClN2O4.2C7H7Cl.C5H13NO2.3CH4/c1-12(2)4-3-7-5-8(11)10(14(17)18)6-9(7)13(15)16;9-6-3-5-1-2-11-8(5)4-7(6)10;2*1-4-2-5(8)7(10(13)14)3-6(4)9(11)12;2*1-6-3-2-4-7(8)5-6;1-6(2)5(7-3)8-4;;;/h3-6H,1-2H3;1-4,11H,10H2;2*2-3H,1H3;2*2-5H,1H3;5H,1-4H3;3*1H4/b4-3+;;;;;;;;;. The lowest BCUT2D eigenvalue weighted by atomic mass is 10.1. The van der Waals surface area contributed by atoms with Gasteiger partial charge in [-0.2, -0.15) is 0 Å². The second-order valence-corrected chi connectivity index (χ2v) is 19.1. The number of hydrogen-bond acceptors (Lipinski definition) is 17. The largest absolute Gasteiger partial charge is 0.397 e. The predicted octanol–water partition coefficient (Wildman–Crippen LogP) is 17.4. The van der Waals surface area contributed by atoms with Crippen molar-refractivity contribution in [3.05, 3.63) is 234 Å². The molecule has 0 aliphatic carbocycles. The van der Waals surface area contributed by atoms with Crippen molar-refractivity contribution in [3.63, 3.8) is 0 Å². The zero-order valence-corrected chi connectivity index (χ0v) is 49.3. The van der Waals surface area contributed by atoms with Gasteiger partial charge in [0.05, 0.1) is 64.0 Å². The van der Waals surface area contributed by atoms with Crippen LogP contribution in [0.15, 0.2) is 116 Å². The summed E-state index contributed by atoms with van der Waals surface area (Å²) in [5.41, 5.74) is 8.09. The van der Waals surface area contributed by atoms with Crippen LogP contribution in [-0.4, -0.2) is 93.1 Å². The van der Waals surface area contributed by atoms with Crippen molar-refractivity contribution in [2.45, 2.75) is 56.4 Å². The number of aromatic nitrogens is 1. The van der Waals surface area contributed by atoms with E-state index in [1.54, 1.807) is 39.4 Å². The molecule has 3 N–H and O–H groups in total. The number of anilines is 1. The van der Waals surface area contributed by atoms with E-state index in [1.165, 1.54) is 49.2 Å². The average Bonchev–Trinajstić information content (AvgIpc) is 3.92. The van der Waals surface area contributed by atoms with E-state index in [1.807, 2.05) is 106 Å². The average molecular weight is 1290 g/mol. The molecule has 84 heavy (non-hydrogen) atoms. The number of ether oxygens (including phenoxy) is 2. The van der Waals surface area contributed by atoms with E-state index < -0.39 is 46.6 Å². The number of nitro benzene ring substituents is 6. The fourth-order valence-electron chi connectivity index (χ4n) is 6.02. The first-order valence-corrected chi connectivity index (χ1v) is 24.9. The summed E-state index contributed by atoms with van der Waals surface area (Å²) in [6.45, 7) is 6.97. The third-order valence-electron chi connectivity index (χ3n) is 9.82. The van der Waals surface area contributed by atoms with Gasteiger partial charge in [0, 0.05) is 66.6 Å². The van der Waals surface area contributed by atoms with Crippen LogP contribution in [0.2, 0.25) is 30.1 Å². The Hall–Kier alpha value is -7.78. The van der Waals surface area contributed by atoms with E-state index in [-0.39, 0.29) is 66.4 Å². The van der Waals surface area contributed by atoms with Gasteiger partial charge in [0.25, 0.3) is 34.1 Å². The number of aromatic amines is 1. The molecule has 7 rings (SSSR count). The number of aryl methyl sites for hydroxylation is 4. The molecule has 30 heteroatoms. The third-order valence-corrected chi connectivity index (χ3v) is 11.5. The van der Waals surface area contributed by atoms with E-state index >= 15 is 0 Å². The highest BCUT2D eigenvalue weighted by Crippen LogP contribution is 2.34. The Morgan fingerprint density at radius 2 is 0.869 bits per heavy atom. The van der Waals surface area contributed by atoms with Gasteiger partial charge in [-0.15, -0.1) is 0 Å². The van der Waals surface area contributed by atoms with Gasteiger partial charge < -0.3 is 25.1 Å². The van der Waals surface area contributed by atoms with Gasteiger partial charge in [0.2, 0.25) is 6.41 Å². The molecule has 458 valence electrons. The SMILES string of the molecule is C.C.C.CN(C)/C=C/c1cc(Cl)c([N+](=O)[O-])cc1[N+](=O)[O-].COC(OC)N(C)C.Cc1cc(Cl)c([N+](=O)[O-])cc1[N+](=O)[O-].Cc1cc(Cl)c([N+](=O)[O-])cc1[N+](=O)[O-].Cc1cccc(Cl)c1.Cc1cccc(Cl)c1.Nc1cc2[nH]ccc2cc1Cl. The molecule has 1 heterocycles. The zero-order valence-electron chi connectivity index (χ0n) is 44.8. The van der Waals surface area contributed by atoms with Crippen LogP contribution in [0.1, 0.15) is 50.1 Å². The van der Waals surface area contributed by atoms with Crippen LogP contribution >= 0.6 is 69.6 Å². The fourth-order valence-corrected chi connectivity index (χ4v) is 7.50. The maximum absolute atomic E-state index is 10.8. The molecule has 0 saturated carbocycles. The van der Waals surface area contributed by atoms with Gasteiger partial charge in [-0.05, 0) is 126 Å². The Morgan fingerprint density at radius 3 is 1.17 bits per heavy atom. The monoisotopic (exact) mass is 1290 g/mol. The molecule has 0 radical (unpaired) electrons. The van der Waals surface area contributed by atoms with Crippen molar-refractivity contribution >= 4 is 126 Å².